The molecule has 0 aromatic rings. The van der Waals surface area contributed by atoms with Crippen molar-refractivity contribution in [3.05, 3.63) is 0 Å². The number of carbonyl (C=O) groups excluding carboxylic acids is 1. The SMILES string of the molecule is CCCN(CCC)C(=O)NCC1(CC(=O)O)CCC1. The number of carboxylic acid groups (broad SMARTS) is 1. The van der Waals surface area contributed by atoms with Gasteiger partial charge in [0.15, 0.2) is 0 Å². The lowest BCUT2D eigenvalue weighted by Crippen LogP contribution is -2.48. The number of rotatable bonds is 8. The molecule has 0 spiro atoms. The van der Waals surface area contributed by atoms with Crippen molar-refractivity contribution in [3.63, 3.8) is 0 Å². The third-order valence-corrected chi connectivity index (χ3v) is 3.83. The van der Waals surface area contributed by atoms with E-state index in [0.717, 1.165) is 45.2 Å². The van der Waals surface area contributed by atoms with Crippen molar-refractivity contribution >= 4 is 12.0 Å². The number of carboxylic acids is 1. The van der Waals surface area contributed by atoms with Gasteiger partial charge in [0.25, 0.3) is 0 Å². The van der Waals surface area contributed by atoms with Crippen molar-refractivity contribution in [1.82, 2.24) is 10.2 Å². The van der Waals surface area contributed by atoms with Gasteiger partial charge in [-0.3, -0.25) is 4.79 Å². The van der Waals surface area contributed by atoms with Crippen LogP contribution in [0.15, 0.2) is 0 Å². The van der Waals surface area contributed by atoms with Crippen LogP contribution in [0.25, 0.3) is 0 Å². The van der Waals surface area contributed by atoms with Crippen molar-refractivity contribution in [2.45, 2.75) is 52.4 Å². The molecule has 0 saturated heterocycles. The summed E-state index contributed by atoms with van der Waals surface area (Å²) in [7, 11) is 0. The summed E-state index contributed by atoms with van der Waals surface area (Å²) in [5, 5.41) is 11.9. The number of aliphatic carboxylic acids is 1. The van der Waals surface area contributed by atoms with Gasteiger partial charge in [0.05, 0.1) is 6.42 Å². The second kappa shape index (κ2) is 7.36. The van der Waals surface area contributed by atoms with E-state index in [1.807, 2.05) is 18.7 Å². The molecule has 0 atom stereocenters. The number of hydrogen-bond acceptors (Lipinski definition) is 2. The van der Waals surface area contributed by atoms with Gasteiger partial charge in [-0.2, -0.15) is 0 Å². The third kappa shape index (κ3) is 4.73. The minimum absolute atomic E-state index is 0.0552. The van der Waals surface area contributed by atoms with E-state index >= 15 is 0 Å². The minimum Gasteiger partial charge on any atom is -0.481 e. The van der Waals surface area contributed by atoms with Crippen LogP contribution >= 0.6 is 0 Å². The summed E-state index contributed by atoms with van der Waals surface area (Å²) in [4.78, 5) is 24.7. The molecule has 5 heteroatoms. The maximum absolute atomic E-state index is 12.1. The fraction of sp³-hybridized carbons (Fsp3) is 0.857. The number of amides is 2. The molecule has 1 rings (SSSR count). The second-order valence-corrected chi connectivity index (χ2v) is 5.57. The minimum atomic E-state index is -0.770. The molecular formula is C14H26N2O3. The average molecular weight is 270 g/mol. The Bertz CT molecular complexity index is 308. The van der Waals surface area contributed by atoms with Crippen molar-refractivity contribution < 1.29 is 14.7 Å². The van der Waals surface area contributed by atoms with Gasteiger partial charge >= 0.3 is 12.0 Å². The zero-order valence-corrected chi connectivity index (χ0v) is 12.1. The predicted molar refractivity (Wildman–Crippen MR) is 74.1 cm³/mol. The molecule has 1 fully saturated rings. The van der Waals surface area contributed by atoms with E-state index in [-0.39, 0.29) is 17.9 Å². The lowest BCUT2D eigenvalue weighted by molar-refractivity contribution is -0.141. The smallest absolute Gasteiger partial charge is 0.317 e. The number of hydrogen-bond donors (Lipinski definition) is 2. The molecule has 19 heavy (non-hydrogen) atoms. The van der Waals surface area contributed by atoms with Crippen LogP contribution < -0.4 is 5.32 Å². The van der Waals surface area contributed by atoms with E-state index in [1.165, 1.54) is 0 Å². The first kappa shape index (κ1) is 15.8. The van der Waals surface area contributed by atoms with Crippen LogP contribution in [0.2, 0.25) is 0 Å². The molecule has 1 aliphatic rings. The van der Waals surface area contributed by atoms with Gasteiger partial charge in [-0.15, -0.1) is 0 Å². The Morgan fingerprint density at radius 3 is 2.16 bits per heavy atom. The standard InChI is InChI=1S/C14H26N2O3/c1-3-8-16(9-4-2)13(19)15-11-14(6-5-7-14)10-12(17)18/h3-11H2,1-2H3,(H,15,19)(H,17,18). The lowest BCUT2D eigenvalue weighted by atomic mass is 9.66. The molecule has 0 bridgehead atoms. The Morgan fingerprint density at radius 1 is 1.21 bits per heavy atom. The predicted octanol–water partition coefficient (Wildman–Crippen LogP) is 2.46. The molecule has 0 aromatic carbocycles. The zero-order valence-electron chi connectivity index (χ0n) is 12.1. The second-order valence-electron chi connectivity index (χ2n) is 5.57. The summed E-state index contributed by atoms with van der Waals surface area (Å²) < 4.78 is 0. The van der Waals surface area contributed by atoms with Gasteiger partial charge < -0.3 is 15.3 Å². The highest BCUT2D eigenvalue weighted by Crippen LogP contribution is 2.43. The van der Waals surface area contributed by atoms with Crippen molar-refractivity contribution in [1.29, 1.82) is 0 Å². The summed E-state index contributed by atoms with van der Waals surface area (Å²) in [6.45, 7) is 6.10. The van der Waals surface area contributed by atoms with Gasteiger partial charge in [0.1, 0.15) is 0 Å². The fourth-order valence-corrected chi connectivity index (χ4v) is 2.64. The molecule has 1 saturated carbocycles. The van der Waals surface area contributed by atoms with Crippen LogP contribution in [0.4, 0.5) is 4.79 Å². The van der Waals surface area contributed by atoms with Crippen LogP contribution in [0.1, 0.15) is 52.4 Å². The van der Waals surface area contributed by atoms with Gasteiger partial charge in [-0.1, -0.05) is 20.3 Å². The molecule has 0 aromatic heterocycles. The first-order chi connectivity index (χ1) is 9.03. The largest absolute Gasteiger partial charge is 0.481 e. The summed E-state index contributed by atoms with van der Waals surface area (Å²) in [5.41, 5.74) is -0.203. The fourth-order valence-electron chi connectivity index (χ4n) is 2.64. The molecule has 2 N–H and O–H groups in total. The van der Waals surface area contributed by atoms with Gasteiger partial charge in [0, 0.05) is 19.6 Å². The quantitative estimate of drug-likeness (QED) is 0.712. The number of urea groups is 1. The monoisotopic (exact) mass is 270 g/mol. The van der Waals surface area contributed by atoms with E-state index < -0.39 is 5.97 Å². The van der Waals surface area contributed by atoms with Crippen LogP contribution in [0.5, 0.6) is 0 Å². The third-order valence-electron chi connectivity index (χ3n) is 3.83. The van der Waals surface area contributed by atoms with Crippen LogP contribution in [0, 0.1) is 5.41 Å². The highest BCUT2D eigenvalue weighted by Gasteiger charge is 2.39. The summed E-state index contributed by atoms with van der Waals surface area (Å²) in [6.07, 6.45) is 4.91. The molecule has 5 nitrogen and oxygen atoms in total. The van der Waals surface area contributed by atoms with E-state index in [1.54, 1.807) is 0 Å². The van der Waals surface area contributed by atoms with Crippen LogP contribution in [0.3, 0.4) is 0 Å². The highest BCUT2D eigenvalue weighted by molar-refractivity contribution is 5.74. The van der Waals surface area contributed by atoms with Gasteiger partial charge in [-0.25, -0.2) is 4.79 Å². The number of nitrogens with one attached hydrogen (secondary N) is 1. The summed E-state index contributed by atoms with van der Waals surface area (Å²) in [5.74, 6) is -0.770. The normalized spacial score (nSPS) is 16.5. The van der Waals surface area contributed by atoms with Gasteiger partial charge in [0.2, 0.25) is 0 Å². The molecular weight excluding hydrogens is 244 g/mol. The Labute approximate surface area is 115 Å². The maximum Gasteiger partial charge on any atom is 0.317 e. The highest BCUT2D eigenvalue weighted by atomic mass is 16.4. The Balaban J connectivity index is 2.44. The Hall–Kier alpha value is -1.26. The van der Waals surface area contributed by atoms with Gasteiger partial charge in [-0.05, 0) is 31.1 Å². The zero-order chi connectivity index (χ0) is 14.3. The van der Waals surface area contributed by atoms with Crippen molar-refractivity contribution in [2.75, 3.05) is 19.6 Å². The average Bonchev–Trinajstić information content (AvgIpc) is 2.31. The van der Waals surface area contributed by atoms with E-state index in [0.29, 0.717) is 6.54 Å². The van der Waals surface area contributed by atoms with Crippen LogP contribution in [-0.4, -0.2) is 41.6 Å². The number of carbonyl (C=O) groups is 2. The summed E-state index contributed by atoms with van der Waals surface area (Å²) >= 11 is 0. The topological polar surface area (TPSA) is 69.6 Å². The summed E-state index contributed by atoms with van der Waals surface area (Å²) in [6, 6.07) is -0.0552. The molecule has 110 valence electrons. The van der Waals surface area contributed by atoms with Crippen LogP contribution in [-0.2, 0) is 4.79 Å². The molecule has 1 aliphatic carbocycles. The van der Waals surface area contributed by atoms with E-state index in [4.69, 9.17) is 5.11 Å². The Kier molecular flexibility index (Phi) is 6.12. The number of nitrogens with zero attached hydrogens (tertiary/aromatic N) is 1. The maximum atomic E-state index is 12.1. The molecule has 0 heterocycles. The first-order valence-corrected chi connectivity index (χ1v) is 7.27. The molecule has 0 radical (unpaired) electrons. The molecule has 0 unspecified atom stereocenters. The van der Waals surface area contributed by atoms with Crippen molar-refractivity contribution in [3.8, 4) is 0 Å². The Morgan fingerprint density at radius 2 is 1.79 bits per heavy atom. The van der Waals surface area contributed by atoms with E-state index in [2.05, 4.69) is 5.32 Å². The lowest BCUT2D eigenvalue weighted by Gasteiger charge is -2.41. The van der Waals surface area contributed by atoms with Crippen molar-refractivity contribution in [2.24, 2.45) is 5.41 Å². The first-order valence-electron chi connectivity index (χ1n) is 7.27. The molecule has 2 amide bonds. The molecule has 0 aliphatic heterocycles. The van der Waals surface area contributed by atoms with E-state index in [9.17, 15) is 9.59 Å².